The van der Waals surface area contributed by atoms with Crippen LogP contribution >= 0.6 is 0 Å². The van der Waals surface area contributed by atoms with Gasteiger partial charge in [-0.1, -0.05) is 12.2 Å². The molecule has 4 atom stereocenters. The molecule has 2 bridgehead atoms. The predicted molar refractivity (Wildman–Crippen MR) is 71.5 cm³/mol. The lowest BCUT2D eigenvalue weighted by Gasteiger charge is -2.27. The molecule has 2 aromatic heterocycles. The Bertz CT molecular complexity index is 556. The van der Waals surface area contributed by atoms with Crippen LogP contribution in [0.15, 0.2) is 57.8 Å². The lowest BCUT2D eigenvalue weighted by molar-refractivity contribution is 0.341. The number of fused-ring (bicyclic) bond motifs is 2. The Balaban J connectivity index is 1.54. The van der Waals surface area contributed by atoms with Gasteiger partial charge in [-0.15, -0.1) is 0 Å². The van der Waals surface area contributed by atoms with Gasteiger partial charge in [0.25, 0.3) is 0 Å². The van der Waals surface area contributed by atoms with Gasteiger partial charge in [-0.3, -0.25) is 0 Å². The van der Waals surface area contributed by atoms with Gasteiger partial charge in [0.2, 0.25) is 0 Å². The molecule has 1 N–H and O–H groups in total. The van der Waals surface area contributed by atoms with Crippen molar-refractivity contribution in [1.82, 2.24) is 5.32 Å². The Morgan fingerprint density at radius 2 is 1.89 bits per heavy atom. The van der Waals surface area contributed by atoms with Crippen LogP contribution in [0, 0.1) is 11.8 Å². The van der Waals surface area contributed by atoms with Gasteiger partial charge in [0.15, 0.2) is 0 Å². The van der Waals surface area contributed by atoms with Crippen molar-refractivity contribution in [2.45, 2.75) is 24.9 Å². The van der Waals surface area contributed by atoms with E-state index in [2.05, 4.69) is 23.5 Å². The SMILES string of the molecule is C1=CC2CC1C(NCc1ccco1)C2c1ccco1. The van der Waals surface area contributed by atoms with E-state index in [4.69, 9.17) is 8.83 Å². The van der Waals surface area contributed by atoms with Gasteiger partial charge in [-0.05, 0) is 42.5 Å². The van der Waals surface area contributed by atoms with Gasteiger partial charge >= 0.3 is 0 Å². The lowest BCUT2D eigenvalue weighted by Crippen LogP contribution is -2.37. The Hall–Kier alpha value is -1.74. The van der Waals surface area contributed by atoms with E-state index in [0.29, 0.717) is 23.8 Å². The average molecular weight is 255 g/mol. The van der Waals surface area contributed by atoms with Gasteiger partial charge in [0.1, 0.15) is 11.5 Å². The molecule has 1 fully saturated rings. The van der Waals surface area contributed by atoms with Crippen LogP contribution in [-0.2, 0) is 6.54 Å². The van der Waals surface area contributed by atoms with Gasteiger partial charge < -0.3 is 14.2 Å². The third-order valence-electron chi connectivity index (χ3n) is 4.42. The zero-order valence-electron chi connectivity index (χ0n) is 10.7. The Kier molecular flexibility index (Phi) is 2.59. The highest BCUT2D eigenvalue weighted by Gasteiger charge is 2.46. The molecule has 2 aliphatic carbocycles. The van der Waals surface area contributed by atoms with Crippen LogP contribution in [0.2, 0.25) is 0 Å². The second kappa shape index (κ2) is 4.42. The zero-order valence-corrected chi connectivity index (χ0v) is 10.7. The van der Waals surface area contributed by atoms with Gasteiger partial charge in [0.05, 0.1) is 19.1 Å². The largest absolute Gasteiger partial charge is 0.469 e. The smallest absolute Gasteiger partial charge is 0.117 e. The second-order valence-electron chi connectivity index (χ2n) is 5.48. The van der Waals surface area contributed by atoms with Crippen molar-refractivity contribution in [3.8, 4) is 0 Å². The predicted octanol–water partition coefficient (Wildman–Crippen LogP) is 3.32. The number of hydrogen-bond donors (Lipinski definition) is 1. The zero-order chi connectivity index (χ0) is 12.7. The Morgan fingerprint density at radius 1 is 1.05 bits per heavy atom. The molecule has 0 spiro atoms. The normalized spacial score (nSPS) is 32.2. The van der Waals surface area contributed by atoms with Crippen molar-refractivity contribution in [2.24, 2.45) is 11.8 Å². The standard InChI is InChI=1S/C16H17NO2/c1-3-13(18-7-1)10-17-16-12-6-5-11(9-12)15(16)14-4-2-8-19-14/h1-8,11-12,15-17H,9-10H2. The van der Waals surface area contributed by atoms with Crippen molar-refractivity contribution < 1.29 is 8.83 Å². The first kappa shape index (κ1) is 11.1. The molecule has 98 valence electrons. The molecule has 2 heterocycles. The molecule has 0 radical (unpaired) electrons. The maximum atomic E-state index is 5.64. The first-order valence-corrected chi connectivity index (χ1v) is 6.89. The lowest BCUT2D eigenvalue weighted by atomic mass is 9.87. The van der Waals surface area contributed by atoms with Crippen molar-refractivity contribution in [2.75, 3.05) is 0 Å². The number of furan rings is 2. The van der Waals surface area contributed by atoms with E-state index in [1.165, 1.54) is 6.42 Å². The van der Waals surface area contributed by atoms with Crippen LogP contribution in [0.3, 0.4) is 0 Å². The van der Waals surface area contributed by atoms with E-state index < -0.39 is 0 Å². The van der Waals surface area contributed by atoms with E-state index in [0.717, 1.165) is 18.1 Å². The second-order valence-corrected chi connectivity index (χ2v) is 5.48. The summed E-state index contributed by atoms with van der Waals surface area (Å²) in [4.78, 5) is 0. The van der Waals surface area contributed by atoms with Crippen molar-refractivity contribution in [3.05, 3.63) is 60.5 Å². The summed E-state index contributed by atoms with van der Waals surface area (Å²) < 4.78 is 11.0. The van der Waals surface area contributed by atoms with Gasteiger partial charge in [-0.2, -0.15) is 0 Å². The van der Waals surface area contributed by atoms with Gasteiger partial charge in [0, 0.05) is 12.0 Å². The molecule has 2 aromatic rings. The maximum absolute atomic E-state index is 5.64. The third-order valence-corrected chi connectivity index (χ3v) is 4.42. The molecule has 3 nitrogen and oxygen atoms in total. The summed E-state index contributed by atoms with van der Waals surface area (Å²) in [5.41, 5.74) is 0. The van der Waals surface area contributed by atoms with E-state index >= 15 is 0 Å². The summed E-state index contributed by atoms with van der Waals surface area (Å²) in [6, 6.07) is 8.47. The number of allylic oxidation sites excluding steroid dienone is 1. The van der Waals surface area contributed by atoms with Crippen LogP contribution in [0.5, 0.6) is 0 Å². The van der Waals surface area contributed by atoms with Crippen LogP contribution in [0.4, 0.5) is 0 Å². The monoisotopic (exact) mass is 255 g/mol. The molecule has 0 aliphatic heterocycles. The van der Waals surface area contributed by atoms with Crippen LogP contribution in [0.1, 0.15) is 23.9 Å². The summed E-state index contributed by atoms with van der Waals surface area (Å²) in [7, 11) is 0. The summed E-state index contributed by atoms with van der Waals surface area (Å²) in [6.07, 6.45) is 9.43. The maximum Gasteiger partial charge on any atom is 0.117 e. The molecular formula is C16H17NO2. The Labute approximate surface area is 112 Å². The highest BCUT2D eigenvalue weighted by atomic mass is 16.3. The molecule has 2 aliphatic rings. The van der Waals surface area contributed by atoms with Gasteiger partial charge in [-0.25, -0.2) is 0 Å². The van der Waals surface area contributed by atoms with Crippen LogP contribution < -0.4 is 5.32 Å². The van der Waals surface area contributed by atoms with Crippen LogP contribution in [-0.4, -0.2) is 6.04 Å². The minimum absolute atomic E-state index is 0.450. The van der Waals surface area contributed by atoms with E-state index in [1.807, 2.05) is 18.2 Å². The summed E-state index contributed by atoms with van der Waals surface area (Å²) in [5.74, 6) is 3.79. The fourth-order valence-electron chi connectivity index (χ4n) is 3.60. The minimum Gasteiger partial charge on any atom is -0.469 e. The first-order chi connectivity index (χ1) is 9.42. The molecule has 3 heteroatoms. The molecule has 1 saturated carbocycles. The van der Waals surface area contributed by atoms with E-state index in [9.17, 15) is 0 Å². The topological polar surface area (TPSA) is 38.3 Å². The fourth-order valence-corrected chi connectivity index (χ4v) is 3.60. The quantitative estimate of drug-likeness (QED) is 0.852. The van der Waals surface area contributed by atoms with Crippen LogP contribution in [0.25, 0.3) is 0 Å². The summed E-state index contributed by atoms with van der Waals surface area (Å²) in [6.45, 7) is 0.784. The van der Waals surface area contributed by atoms with Crippen molar-refractivity contribution >= 4 is 0 Å². The highest BCUT2D eigenvalue weighted by molar-refractivity contribution is 5.26. The minimum atomic E-state index is 0.450. The highest BCUT2D eigenvalue weighted by Crippen LogP contribution is 2.49. The molecule has 0 amide bonds. The van der Waals surface area contributed by atoms with Crippen molar-refractivity contribution in [1.29, 1.82) is 0 Å². The first-order valence-electron chi connectivity index (χ1n) is 6.89. The van der Waals surface area contributed by atoms with E-state index in [1.54, 1.807) is 12.5 Å². The molecule has 4 rings (SSSR count). The third kappa shape index (κ3) is 1.85. The number of rotatable bonds is 4. The molecule has 0 aromatic carbocycles. The van der Waals surface area contributed by atoms with Crippen molar-refractivity contribution in [3.63, 3.8) is 0 Å². The summed E-state index contributed by atoms with van der Waals surface area (Å²) >= 11 is 0. The number of nitrogens with one attached hydrogen (secondary N) is 1. The molecule has 19 heavy (non-hydrogen) atoms. The molecule has 0 saturated heterocycles. The Morgan fingerprint density at radius 3 is 2.68 bits per heavy atom. The fraction of sp³-hybridized carbons (Fsp3) is 0.375. The molecular weight excluding hydrogens is 238 g/mol. The average Bonchev–Trinajstić information content (AvgIpc) is 3.17. The van der Waals surface area contributed by atoms with E-state index in [-0.39, 0.29) is 0 Å². The summed E-state index contributed by atoms with van der Waals surface area (Å²) in [5, 5.41) is 3.65. The molecule has 4 unspecified atom stereocenters. The number of hydrogen-bond acceptors (Lipinski definition) is 3.